The van der Waals surface area contributed by atoms with E-state index in [2.05, 4.69) is 5.32 Å². The van der Waals surface area contributed by atoms with Crippen LogP contribution in [0.3, 0.4) is 0 Å². The van der Waals surface area contributed by atoms with Gasteiger partial charge in [-0.05, 0) is 73.4 Å². The van der Waals surface area contributed by atoms with E-state index in [1.54, 1.807) is 12.1 Å². The predicted octanol–water partition coefficient (Wildman–Crippen LogP) is 3.85. The van der Waals surface area contributed by atoms with Crippen molar-refractivity contribution in [2.75, 3.05) is 22.8 Å². The van der Waals surface area contributed by atoms with Crippen molar-refractivity contribution in [3.05, 3.63) is 89.0 Å². The molecule has 1 heterocycles. The lowest BCUT2D eigenvalue weighted by Crippen LogP contribution is -2.29. The summed E-state index contributed by atoms with van der Waals surface area (Å²) in [6.45, 7) is 3.70. The van der Waals surface area contributed by atoms with E-state index >= 15 is 0 Å². The molecule has 7 nitrogen and oxygen atoms in total. The zero-order valence-electron chi connectivity index (χ0n) is 18.4. The van der Waals surface area contributed by atoms with Crippen molar-refractivity contribution in [2.24, 2.45) is 0 Å². The number of fused-ring (bicyclic) bond motifs is 1. The summed E-state index contributed by atoms with van der Waals surface area (Å²) >= 11 is 0. The number of hydrogen-bond donors (Lipinski definition) is 1. The van der Waals surface area contributed by atoms with Crippen LogP contribution in [-0.4, -0.2) is 33.4 Å². The second-order valence-electron chi connectivity index (χ2n) is 7.98. The Kier molecular flexibility index (Phi) is 6.20. The highest BCUT2D eigenvalue weighted by atomic mass is 32.2. The first-order chi connectivity index (χ1) is 15.7. The van der Waals surface area contributed by atoms with Crippen LogP contribution in [0.4, 0.5) is 11.4 Å². The lowest BCUT2D eigenvalue weighted by molar-refractivity contribution is -0.119. The monoisotopic (exact) mass is 464 g/mol. The first kappa shape index (κ1) is 22.5. The van der Waals surface area contributed by atoms with Crippen molar-refractivity contribution in [1.29, 1.82) is 0 Å². The van der Waals surface area contributed by atoms with Gasteiger partial charge in [0.2, 0.25) is 0 Å². The molecule has 0 aliphatic carbocycles. The summed E-state index contributed by atoms with van der Waals surface area (Å²) < 4.78 is 32.9. The van der Waals surface area contributed by atoms with Gasteiger partial charge in [0.1, 0.15) is 0 Å². The fraction of sp³-hybridized carbons (Fsp3) is 0.200. The maximum Gasteiger partial charge on any atom is 0.338 e. The second kappa shape index (κ2) is 9.07. The number of benzene rings is 3. The van der Waals surface area contributed by atoms with Gasteiger partial charge in [0.05, 0.1) is 16.1 Å². The molecule has 0 saturated heterocycles. The Morgan fingerprint density at radius 3 is 2.45 bits per heavy atom. The number of nitrogens with one attached hydrogen (secondary N) is 1. The number of para-hydroxylation sites is 1. The van der Waals surface area contributed by atoms with Crippen molar-refractivity contribution in [1.82, 2.24) is 0 Å². The predicted molar refractivity (Wildman–Crippen MR) is 126 cm³/mol. The number of rotatable bonds is 6. The highest BCUT2D eigenvalue weighted by Gasteiger charge is 2.31. The molecule has 1 amide bonds. The van der Waals surface area contributed by atoms with Crippen LogP contribution in [0.2, 0.25) is 0 Å². The number of sulfonamides is 1. The summed E-state index contributed by atoms with van der Waals surface area (Å²) in [5.41, 5.74) is 4.29. The molecule has 0 bridgehead atoms. The fourth-order valence-corrected chi connectivity index (χ4v) is 5.48. The minimum Gasteiger partial charge on any atom is -0.452 e. The quantitative estimate of drug-likeness (QED) is 0.560. The molecule has 33 heavy (non-hydrogen) atoms. The Balaban J connectivity index is 1.44. The van der Waals surface area contributed by atoms with Crippen molar-refractivity contribution < 1.29 is 22.7 Å². The largest absolute Gasteiger partial charge is 0.452 e. The first-order valence-electron chi connectivity index (χ1n) is 10.5. The molecule has 170 valence electrons. The topological polar surface area (TPSA) is 92.8 Å². The fourth-order valence-electron chi connectivity index (χ4n) is 3.93. The maximum absolute atomic E-state index is 13.2. The van der Waals surface area contributed by atoms with Gasteiger partial charge in [-0.25, -0.2) is 13.2 Å². The summed E-state index contributed by atoms with van der Waals surface area (Å²) in [7, 11) is -3.84. The van der Waals surface area contributed by atoms with Crippen molar-refractivity contribution in [3.8, 4) is 0 Å². The van der Waals surface area contributed by atoms with Gasteiger partial charge in [0.25, 0.3) is 15.9 Å². The van der Waals surface area contributed by atoms with Crippen molar-refractivity contribution in [2.45, 2.75) is 25.2 Å². The normalized spacial score (nSPS) is 12.8. The third kappa shape index (κ3) is 4.90. The Morgan fingerprint density at radius 2 is 1.70 bits per heavy atom. The van der Waals surface area contributed by atoms with Gasteiger partial charge in [-0.15, -0.1) is 0 Å². The molecule has 0 radical (unpaired) electrons. The van der Waals surface area contributed by atoms with Crippen molar-refractivity contribution in [3.63, 3.8) is 0 Å². The molecule has 0 fully saturated rings. The van der Waals surface area contributed by atoms with Crippen LogP contribution >= 0.6 is 0 Å². The van der Waals surface area contributed by atoms with E-state index in [1.165, 1.54) is 28.6 Å². The number of carbonyl (C=O) groups is 2. The van der Waals surface area contributed by atoms with Crippen LogP contribution in [0.25, 0.3) is 0 Å². The Hall–Kier alpha value is -3.65. The first-order valence-corrected chi connectivity index (χ1v) is 11.9. The highest BCUT2D eigenvalue weighted by Crippen LogP contribution is 2.32. The molecule has 1 N–H and O–H groups in total. The van der Waals surface area contributed by atoms with E-state index in [-0.39, 0.29) is 10.5 Å². The van der Waals surface area contributed by atoms with Crippen molar-refractivity contribution >= 4 is 33.3 Å². The number of aryl methyl sites for hydroxylation is 2. The number of carbonyl (C=O) groups excluding carboxylic acids is 2. The van der Waals surface area contributed by atoms with Gasteiger partial charge in [-0.3, -0.25) is 9.10 Å². The van der Waals surface area contributed by atoms with E-state index in [1.807, 2.05) is 44.2 Å². The van der Waals surface area contributed by atoms with Gasteiger partial charge in [0, 0.05) is 12.2 Å². The Labute approximate surface area is 193 Å². The minimum atomic E-state index is -3.84. The average molecular weight is 465 g/mol. The van der Waals surface area contributed by atoms with Gasteiger partial charge in [-0.1, -0.05) is 30.3 Å². The van der Waals surface area contributed by atoms with E-state index in [9.17, 15) is 18.0 Å². The molecular formula is C25H24N2O5S. The molecule has 4 rings (SSSR count). The standard InChI is InChI=1S/C25H24N2O5S/c1-17-12-18(2)14-21(13-17)26-24(28)16-32-25(29)20-7-5-8-22(15-20)33(30,31)27-11-10-19-6-3-4-9-23(19)27/h3-9,12-15H,10-11,16H2,1-2H3,(H,26,28). The number of anilines is 2. The summed E-state index contributed by atoms with van der Waals surface area (Å²) in [5, 5.41) is 2.69. The SMILES string of the molecule is Cc1cc(C)cc(NC(=O)COC(=O)c2cccc(S(=O)(=O)N3CCc4ccccc43)c2)c1. The maximum atomic E-state index is 13.2. The number of hydrogen-bond acceptors (Lipinski definition) is 5. The zero-order valence-corrected chi connectivity index (χ0v) is 19.2. The molecule has 3 aromatic rings. The van der Waals surface area contributed by atoms with Crippen LogP contribution in [0.15, 0.2) is 71.6 Å². The summed E-state index contributed by atoms with van der Waals surface area (Å²) in [6, 6.07) is 18.6. The van der Waals surface area contributed by atoms with Crippen LogP contribution < -0.4 is 9.62 Å². The van der Waals surface area contributed by atoms with Crippen LogP contribution in [-0.2, 0) is 26.0 Å². The Bertz CT molecular complexity index is 1310. The molecule has 0 atom stereocenters. The third-order valence-electron chi connectivity index (χ3n) is 5.34. The lowest BCUT2D eigenvalue weighted by Gasteiger charge is -2.19. The minimum absolute atomic E-state index is 0.00617. The van der Waals surface area contributed by atoms with E-state index < -0.39 is 28.5 Å². The molecule has 8 heteroatoms. The van der Waals surface area contributed by atoms with Crippen LogP contribution in [0.5, 0.6) is 0 Å². The van der Waals surface area contributed by atoms with Gasteiger partial charge in [0.15, 0.2) is 6.61 Å². The Morgan fingerprint density at radius 1 is 0.970 bits per heavy atom. The van der Waals surface area contributed by atoms with Gasteiger partial charge < -0.3 is 10.1 Å². The number of amides is 1. The lowest BCUT2D eigenvalue weighted by atomic mass is 10.1. The van der Waals surface area contributed by atoms with E-state index in [0.29, 0.717) is 24.3 Å². The molecular weight excluding hydrogens is 440 g/mol. The summed E-state index contributed by atoms with van der Waals surface area (Å²) in [4.78, 5) is 24.7. The average Bonchev–Trinajstić information content (AvgIpc) is 3.22. The highest BCUT2D eigenvalue weighted by molar-refractivity contribution is 7.92. The van der Waals surface area contributed by atoms with Crippen LogP contribution in [0, 0.1) is 13.8 Å². The molecule has 3 aromatic carbocycles. The summed E-state index contributed by atoms with van der Waals surface area (Å²) in [5.74, 6) is -1.25. The molecule has 0 saturated carbocycles. The molecule has 0 aromatic heterocycles. The zero-order chi connectivity index (χ0) is 23.6. The third-order valence-corrected chi connectivity index (χ3v) is 7.15. The molecule has 0 spiro atoms. The second-order valence-corrected chi connectivity index (χ2v) is 9.85. The smallest absolute Gasteiger partial charge is 0.338 e. The van der Waals surface area contributed by atoms with Crippen LogP contribution in [0.1, 0.15) is 27.0 Å². The van der Waals surface area contributed by atoms with E-state index in [4.69, 9.17) is 4.74 Å². The van der Waals surface area contributed by atoms with E-state index in [0.717, 1.165) is 16.7 Å². The summed E-state index contributed by atoms with van der Waals surface area (Å²) in [6.07, 6.45) is 0.632. The van der Waals surface area contributed by atoms with Gasteiger partial charge in [-0.2, -0.15) is 0 Å². The number of esters is 1. The number of ether oxygens (including phenoxy) is 1. The van der Waals surface area contributed by atoms with Gasteiger partial charge >= 0.3 is 5.97 Å². The molecule has 1 aliphatic rings. The molecule has 0 unspecified atom stereocenters. The number of nitrogens with zero attached hydrogens (tertiary/aromatic N) is 1. The molecule has 1 aliphatic heterocycles.